The molecule has 1 heterocycles. The van der Waals surface area contributed by atoms with Gasteiger partial charge in [-0.1, -0.05) is 11.6 Å². The van der Waals surface area contributed by atoms with Crippen LogP contribution >= 0.6 is 11.6 Å². The number of anilines is 3. The quantitative estimate of drug-likeness (QED) is 0.137. The fraction of sp³-hybridized carbons (Fsp3) is 0.276. The van der Waals surface area contributed by atoms with Gasteiger partial charge in [0.15, 0.2) is 18.1 Å². The van der Waals surface area contributed by atoms with Crippen molar-refractivity contribution in [1.29, 1.82) is 5.41 Å². The maximum atomic E-state index is 13.2. The van der Waals surface area contributed by atoms with Crippen molar-refractivity contribution in [2.24, 2.45) is 5.73 Å². The fourth-order valence-corrected chi connectivity index (χ4v) is 4.65. The third-order valence-electron chi connectivity index (χ3n) is 6.43. The van der Waals surface area contributed by atoms with Gasteiger partial charge < -0.3 is 41.0 Å². The summed E-state index contributed by atoms with van der Waals surface area (Å²) < 4.78 is 11.5. The molecule has 11 nitrogen and oxygen atoms in total. The predicted octanol–water partition coefficient (Wildman–Crippen LogP) is 3.92. The molecule has 1 fully saturated rings. The molecule has 0 aromatic heterocycles. The van der Waals surface area contributed by atoms with Gasteiger partial charge in [-0.2, -0.15) is 0 Å². The Bertz CT molecular complexity index is 1430. The Balaban J connectivity index is 1.63. The summed E-state index contributed by atoms with van der Waals surface area (Å²) in [5, 5.41) is 33.3. The molecule has 1 aliphatic rings. The van der Waals surface area contributed by atoms with Gasteiger partial charge in [-0.05, 0) is 61.9 Å². The van der Waals surface area contributed by atoms with Crippen LogP contribution in [0.15, 0.2) is 54.6 Å². The molecule has 0 aliphatic carbocycles. The van der Waals surface area contributed by atoms with Gasteiger partial charge in [0.05, 0.1) is 18.3 Å². The average molecular weight is 582 g/mol. The van der Waals surface area contributed by atoms with Gasteiger partial charge in [-0.3, -0.25) is 10.2 Å². The molecular weight excluding hydrogens is 550 g/mol. The number of hydrogen-bond acceptors (Lipinski definition) is 8. The number of carboxylic acid groups (broad SMARTS) is 1. The van der Waals surface area contributed by atoms with Crippen LogP contribution < -0.4 is 30.7 Å². The molecule has 1 amide bonds. The summed E-state index contributed by atoms with van der Waals surface area (Å²) in [6.07, 6.45) is 0.194. The Kier molecular flexibility index (Phi) is 9.53. The van der Waals surface area contributed by atoms with Crippen molar-refractivity contribution in [3.8, 4) is 11.5 Å². The number of aliphatic carboxylic acids is 1. The lowest BCUT2D eigenvalue weighted by atomic mass is 10.1. The van der Waals surface area contributed by atoms with Crippen LogP contribution in [0, 0.1) is 5.41 Å². The van der Waals surface area contributed by atoms with Gasteiger partial charge in [0.25, 0.3) is 5.91 Å². The van der Waals surface area contributed by atoms with E-state index in [0.717, 1.165) is 5.69 Å². The second-order valence-corrected chi connectivity index (χ2v) is 9.86. The van der Waals surface area contributed by atoms with E-state index < -0.39 is 24.6 Å². The molecule has 0 bridgehead atoms. The number of hydrogen-bond donors (Lipinski definition) is 6. The third kappa shape index (κ3) is 7.59. The van der Waals surface area contributed by atoms with Crippen LogP contribution in [0.3, 0.4) is 0 Å². The second-order valence-electron chi connectivity index (χ2n) is 9.42. The molecule has 1 atom stereocenters. The minimum absolute atomic E-state index is 0.0756. The van der Waals surface area contributed by atoms with E-state index in [1.165, 1.54) is 0 Å². The number of amides is 1. The molecule has 3 aromatic rings. The molecule has 0 spiro atoms. The number of nitrogens with zero attached hydrogens (tertiary/aromatic N) is 1. The number of rotatable bonds is 12. The number of nitrogens with two attached hydrogens (primary N) is 1. The number of nitrogen functional groups attached to an aromatic ring is 1. The highest BCUT2D eigenvalue weighted by molar-refractivity contribution is 6.31. The van der Waals surface area contributed by atoms with Crippen molar-refractivity contribution in [1.82, 2.24) is 0 Å². The number of β-amino-alcohol motifs (C(OH)–C–C–N with tert-alkyl or cyclic N) is 1. The number of aliphatic hydroxyl groups is 1. The zero-order valence-electron chi connectivity index (χ0n) is 22.4. The first-order valence-electron chi connectivity index (χ1n) is 13.0. The molecule has 12 heteroatoms. The zero-order chi connectivity index (χ0) is 29.5. The number of halogens is 1. The smallest absolute Gasteiger partial charge is 0.341 e. The minimum Gasteiger partial charge on any atom is -0.490 e. The first-order chi connectivity index (χ1) is 19.6. The molecular formula is C29H32ClN5O6. The third-order valence-corrected chi connectivity index (χ3v) is 6.67. The molecule has 7 N–H and O–H groups in total. The van der Waals surface area contributed by atoms with Gasteiger partial charge in [-0.15, -0.1) is 0 Å². The topological polar surface area (TPSA) is 170 Å². The first kappa shape index (κ1) is 29.5. The number of nitrogens with one attached hydrogen (secondary N) is 3. The maximum Gasteiger partial charge on any atom is 0.341 e. The van der Waals surface area contributed by atoms with E-state index >= 15 is 0 Å². The van der Waals surface area contributed by atoms with Crippen LogP contribution in [0.1, 0.15) is 34.8 Å². The summed E-state index contributed by atoms with van der Waals surface area (Å²) >= 11 is 6.23. The Hall–Kier alpha value is -4.48. The van der Waals surface area contributed by atoms with Gasteiger partial charge in [0.1, 0.15) is 5.84 Å². The number of ether oxygens (including phenoxy) is 2. The van der Waals surface area contributed by atoms with Crippen LogP contribution in [0.4, 0.5) is 17.1 Å². The highest BCUT2D eigenvalue weighted by Gasteiger charge is 2.24. The molecule has 1 unspecified atom stereocenters. The summed E-state index contributed by atoms with van der Waals surface area (Å²) in [6.45, 7) is 2.86. The lowest BCUT2D eigenvalue weighted by molar-refractivity contribution is -0.139. The van der Waals surface area contributed by atoms with Crippen molar-refractivity contribution in [3.05, 3.63) is 76.3 Å². The molecule has 1 aliphatic heterocycles. The number of amidine groups is 1. The van der Waals surface area contributed by atoms with Crippen molar-refractivity contribution in [2.45, 2.75) is 26.0 Å². The number of carboxylic acids is 1. The molecule has 0 saturated carbocycles. The molecule has 41 heavy (non-hydrogen) atoms. The Morgan fingerprint density at radius 1 is 1.15 bits per heavy atom. The average Bonchev–Trinajstić information content (AvgIpc) is 3.38. The lowest BCUT2D eigenvalue weighted by Gasteiger charge is -2.23. The summed E-state index contributed by atoms with van der Waals surface area (Å²) in [6, 6.07) is 15.1. The summed E-state index contributed by atoms with van der Waals surface area (Å²) in [7, 11) is 0. The van der Waals surface area contributed by atoms with E-state index in [1.54, 1.807) is 48.5 Å². The monoisotopic (exact) mass is 581 g/mol. The predicted molar refractivity (Wildman–Crippen MR) is 158 cm³/mol. The number of carbonyl (C=O) groups is 2. The van der Waals surface area contributed by atoms with Crippen LogP contribution in [0.2, 0.25) is 5.02 Å². The van der Waals surface area contributed by atoms with Gasteiger partial charge in [0, 0.05) is 58.9 Å². The largest absolute Gasteiger partial charge is 0.490 e. The first-order valence-corrected chi connectivity index (χ1v) is 13.4. The Morgan fingerprint density at radius 2 is 1.90 bits per heavy atom. The van der Waals surface area contributed by atoms with Gasteiger partial charge >= 0.3 is 5.97 Å². The molecule has 1 saturated heterocycles. The normalized spacial score (nSPS) is 14.4. The second kappa shape index (κ2) is 13.2. The molecule has 3 aromatic carbocycles. The summed E-state index contributed by atoms with van der Waals surface area (Å²) in [4.78, 5) is 26.6. The maximum absolute atomic E-state index is 13.2. The van der Waals surface area contributed by atoms with E-state index in [2.05, 4.69) is 10.6 Å². The SMILES string of the molecule is CCOc1cc(N2CCC(O)C2)cc(CNc2ccc(Cl)cc2C(=O)Nc2ccc(C(=N)N)cc2)c1OCC(=O)O. The number of benzene rings is 3. The van der Waals surface area contributed by atoms with Gasteiger partial charge in [-0.25, -0.2) is 4.79 Å². The van der Waals surface area contributed by atoms with Crippen molar-refractivity contribution in [3.63, 3.8) is 0 Å². The van der Waals surface area contributed by atoms with E-state index in [-0.39, 0.29) is 23.7 Å². The summed E-state index contributed by atoms with van der Waals surface area (Å²) in [5.74, 6) is -0.967. The van der Waals surface area contributed by atoms with E-state index in [0.29, 0.717) is 59.4 Å². The van der Waals surface area contributed by atoms with E-state index in [1.807, 2.05) is 17.9 Å². The van der Waals surface area contributed by atoms with Gasteiger partial charge in [0.2, 0.25) is 0 Å². The lowest BCUT2D eigenvalue weighted by Crippen LogP contribution is -2.22. The molecule has 216 valence electrons. The fourth-order valence-electron chi connectivity index (χ4n) is 4.47. The Labute approximate surface area is 242 Å². The Morgan fingerprint density at radius 3 is 2.54 bits per heavy atom. The van der Waals surface area contributed by atoms with E-state index in [4.69, 9.17) is 32.2 Å². The van der Waals surface area contributed by atoms with E-state index in [9.17, 15) is 19.8 Å². The summed E-state index contributed by atoms with van der Waals surface area (Å²) in [5.41, 5.74) is 8.72. The highest BCUT2D eigenvalue weighted by atomic mass is 35.5. The number of aliphatic hydroxyl groups excluding tert-OH is 1. The minimum atomic E-state index is -1.13. The highest BCUT2D eigenvalue weighted by Crippen LogP contribution is 2.38. The van der Waals surface area contributed by atoms with Crippen LogP contribution in [-0.4, -0.2) is 60.3 Å². The zero-order valence-corrected chi connectivity index (χ0v) is 23.2. The standard InChI is InChI=1S/C29H32ClN5O6/c1-2-40-25-13-21(35-10-9-22(36)15-35)11-18(27(25)41-16-26(37)38)14-33-24-8-5-19(30)12-23(24)29(39)34-20-6-3-17(4-7-20)28(31)32/h3-8,11-13,22,33,36H,2,9-10,14-16H2,1H3,(H3,31,32)(H,34,39)(H,37,38). The number of carbonyl (C=O) groups excluding carboxylic acids is 1. The molecule has 4 rings (SSSR count). The van der Waals surface area contributed by atoms with Crippen molar-refractivity contribution in [2.75, 3.05) is 41.8 Å². The van der Waals surface area contributed by atoms with Crippen molar-refractivity contribution >= 4 is 46.4 Å². The molecule has 0 radical (unpaired) electrons. The van der Waals surface area contributed by atoms with Crippen LogP contribution in [0.5, 0.6) is 11.5 Å². The van der Waals surface area contributed by atoms with Crippen LogP contribution in [-0.2, 0) is 11.3 Å². The van der Waals surface area contributed by atoms with Crippen molar-refractivity contribution < 1.29 is 29.3 Å². The van der Waals surface area contributed by atoms with Crippen LogP contribution in [0.25, 0.3) is 0 Å².